The van der Waals surface area contributed by atoms with Crippen LogP contribution in [0.15, 0.2) is 58.8 Å². The lowest BCUT2D eigenvalue weighted by atomic mass is 10.3. The number of halogens is 4. The van der Waals surface area contributed by atoms with Crippen LogP contribution in [0.1, 0.15) is 0 Å². The van der Waals surface area contributed by atoms with E-state index in [1.807, 2.05) is 43.3 Å². The predicted molar refractivity (Wildman–Crippen MR) is 86.3 cm³/mol. The van der Waals surface area contributed by atoms with Crippen molar-refractivity contribution in [3.8, 4) is 0 Å². The van der Waals surface area contributed by atoms with Crippen molar-refractivity contribution in [2.75, 3.05) is 19.0 Å². The molecule has 2 aromatic rings. The van der Waals surface area contributed by atoms with Gasteiger partial charge in [-0.3, -0.25) is 0 Å². The normalized spacial score (nSPS) is 10.7. The zero-order chi connectivity index (χ0) is 18.2. The van der Waals surface area contributed by atoms with Gasteiger partial charge < -0.3 is 22.2 Å². The summed E-state index contributed by atoms with van der Waals surface area (Å²) in [5.74, 6) is 0. The molecule has 0 saturated heterocycles. The Hall–Kier alpha value is -2.96. The lowest BCUT2D eigenvalue weighted by Gasteiger charge is -2.11. The number of azo groups is 1. The molecule has 10 heteroatoms. The van der Waals surface area contributed by atoms with Gasteiger partial charge in [0.15, 0.2) is 4.98 Å². The molecule has 0 N–H and O–H groups in total. The van der Waals surface area contributed by atoms with Gasteiger partial charge >= 0.3 is 12.9 Å². The van der Waals surface area contributed by atoms with Gasteiger partial charge in [0.25, 0.3) is 0 Å². The van der Waals surface area contributed by atoms with Gasteiger partial charge in [-0.05, 0) is 36.4 Å². The first kappa shape index (κ1) is 19.1. The van der Waals surface area contributed by atoms with Gasteiger partial charge in [-0.15, -0.1) is 0 Å². The fourth-order valence-electron chi connectivity index (χ4n) is 1.52. The summed E-state index contributed by atoms with van der Waals surface area (Å²) < 4.78 is 39.0. The zero-order valence-corrected chi connectivity index (χ0v) is 12.9. The molecular weight excluding hydrogens is 325 g/mol. The van der Waals surface area contributed by atoms with Crippen molar-refractivity contribution < 1.29 is 17.3 Å². The molecule has 0 aliphatic heterocycles. The predicted octanol–water partition coefficient (Wildman–Crippen LogP) is 5.95. The highest BCUT2D eigenvalue weighted by atomic mass is 19.5. The largest absolute Gasteiger partial charge is 0.673 e. The van der Waals surface area contributed by atoms with Crippen molar-refractivity contribution in [3.63, 3.8) is 0 Å². The van der Waals surface area contributed by atoms with Crippen LogP contribution in [-0.4, -0.2) is 21.3 Å². The number of nitrogens with zero attached hydrogens (tertiary/aromatic N) is 5. The third kappa shape index (κ3) is 7.88. The Morgan fingerprint density at radius 2 is 1.21 bits per heavy atom. The minimum atomic E-state index is -6.00. The lowest BCUT2D eigenvalue weighted by Crippen LogP contribution is -2.07. The SMILES string of the molecule is CN(C)c1ccc(N=Nc2ccc([N+]#N)cc2)cc1.F[B-](F)(F)F. The van der Waals surface area contributed by atoms with Gasteiger partial charge in [0.05, 0.1) is 11.4 Å². The molecule has 0 atom stereocenters. The Kier molecular flexibility index (Phi) is 6.86. The van der Waals surface area contributed by atoms with Crippen LogP contribution in [0, 0.1) is 5.39 Å². The molecule has 0 amide bonds. The maximum absolute atomic E-state index is 9.75. The van der Waals surface area contributed by atoms with Gasteiger partial charge in [0.2, 0.25) is 5.39 Å². The lowest BCUT2D eigenvalue weighted by molar-refractivity contribution is 0.368. The summed E-state index contributed by atoms with van der Waals surface area (Å²) in [5.41, 5.74) is 3.12. The van der Waals surface area contributed by atoms with Crippen molar-refractivity contribution in [2.45, 2.75) is 0 Å². The zero-order valence-electron chi connectivity index (χ0n) is 12.9. The number of hydrogen-bond acceptors (Lipinski definition) is 4. The standard InChI is InChI=1S/C14H14N5.BF4/c1-19(2)14-9-7-13(8-10-14)18-17-12-5-3-11(16-15)4-6-12;2-1(3,4)5/h3-10H,1-2H3;/q+1;-1. The Bertz CT molecular complexity index is 700. The van der Waals surface area contributed by atoms with E-state index in [1.165, 1.54) is 0 Å². The van der Waals surface area contributed by atoms with E-state index in [-0.39, 0.29) is 0 Å². The van der Waals surface area contributed by atoms with Crippen molar-refractivity contribution in [1.29, 1.82) is 5.39 Å². The second-order valence-electron chi connectivity index (χ2n) is 4.72. The molecular formula is C14H14BF4N5. The molecule has 0 aromatic heterocycles. The second-order valence-corrected chi connectivity index (χ2v) is 4.72. The van der Waals surface area contributed by atoms with Crippen LogP contribution in [0.25, 0.3) is 4.98 Å². The smallest absolute Gasteiger partial charge is 0.418 e. The van der Waals surface area contributed by atoms with E-state index in [0.717, 1.165) is 11.4 Å². The quantitative estimate of drug-likeness (QED) is 0.300. The molecule has 0 fully saturated rings. The molecule has 0 saturated carbocycles. The summed E-state index contributed by atoms with van der Waals surface area (Å²) in [7, 11) is -2.02. The Labute approximate surface area is 136 Å². The van der Waals surface area contributed by atoms with Gasteiger partial charge in [-0.25, -0.2) is 0 Å². The van der Waals surface area contributed by atoms with E-state index in [2.05, 4.69) is 15.2 Å². The summed E-state index contributed by atoms with van der Waals surface area (Å²) in [6.45, 7) is 0. The Balaban J connectivity index is 0.000000505. The van der Waals surface area contributed by atoms with E-state index in [0.29, 0.717) is 11.4 Å². The molecule has 0 spiro atoms. The van der Waals surface area contributed by atoms with Crippen molar-refractivity contribution >= 4 is 30.0 Å². The molecule has 0 aliphatic carbocycles. The van der Waals surface area contributed by atoms with Crippen molar-refractivity contribution in [3.05, 3.63) is 53.5 Å². The first-order valence-corrected chi connectivity index (χ1v) is 6.70. The number of diazo groups is 1. The van der Waals surface area contributed by atoms with E-state index in [4.69, 9.17) is 5.39 Å². The Morgan fingerprint density at radius 3 is 1.54 bits per heavy atom. The summed E-state index contributed by atoms with van der Waals surface area (Å²) in [4.78, 5) is 5.11. The number of benzene rings is 2. The Morgan fingerprint density at radius 1 is 0.833 bits per heavy atom. The van der Waals surface area contributed by atoms with Crippen LogP contribution in [0.3, 0.4) is 0 Å². The van der Waals surface area contributed by atoms with Crippen LogP contribution in [-0.2, 0) is 0 Å². The molecule has 24 heavy (non-hydrogen) atoms. The first-order valence-electron chi connectivity index (χ1n) is 6.70. The maximum Gasteiger partial charge on any atom is 0.673 e. The molecule has 0 aliphatic rings. The molecule has 0 heterocycles. The van der Waals surface area contributed by atoms with E-state index in [1.54, 1.807) is 24.3 Å². The number of hydrogen-bond donors (Lipinski definition) is 0. The molecule has 2 aromatic carbocycles. The third-order valence-electron chi connectivity index (χ3n) is 2.61. The third-order valence-corrected chi connectivity index (χ3v) is 2.61. The fourth-order valence-corrected chi connectivity index (χ4v) is 1.52. The minimum Gasteiger partial charge on any atom is -0.418 e. The molecule has 2 rings (SSSR count). The van der Waals surface area contributed by atoms with Gasteiger partial charge in [-0.2, -0.15) is 10.2 Å². The second kappa shape index (κ2) is 8.62. The minimum absolute atomic E-state index is 0.495. The van der Waals surface area contributed by atoms with Crippen LogP contribution in [0.4, 0.5) is 40.0 Å². The topological polar surface area (TPSA) is 56.1 Å². The van der Waals surface area contributed by atoms with Crippen LogP contribution >= 0.6 is 0 Å². The summed E-state index contributed by atoms with van der Waals surface area (Å²) in [5, 5.41) is 16.8. The van der Waals surface area contributed by atoms with Gasteiger partial charge in [-0.1, -0.05) is 0 Å². The highest BCUT2D eigenvalue weighted by Crippen LogP contribution is 2.23. The van der Waals surface area contributed by atoms with E-state index >= 15 is 0 Å². The van der Waals surface area contributed by atoms with Gasteiger partial charge in [0.1, 0.15) is 0 Å². The number of rotatable bonds is 3. The molecule has 126 valence electrons. The summed E-state index contributed by atoms with van der Waals surface area (Å²) in [6, 6.07) is 14.6. The summed E-state index contributed by atoms with van der Waals surface area (Å²) >= 11 is 0. The average Bonchev–Trinajstić information content (AvgIpc) is 2.52. The summed E-state index contributed by atoms with van der Waals surface area (Å²) in [6.07, 6.45) is 0. The molecule has 0 bridgehead atoms. The molecule has 5 nitrogen and oxygen atoms in total. The number of anilines is 1. The average molecular weight is 339 g/mol. The monoisotopic (exact) mass is 339 g/mol. The molecule has 0 unspecified atom stereocenters. The van der Waals surface area contributed by atoms with Crippen LogP contribution in [0.5, 0.6) is 0 Å². The van der Waals surface area contributed by atoms with Crippen LogP contribution < -0.4 is 4.90 Å². The van der Waals surface area contributed by atoms with Crippen LogP contribution in [0.2, 0.25) is 0 Å². The molecule has 0 radical (unpaired) electrons. The van der Waals surface area contributed by atoms with Crippen molar-refractivity contribution in [2.24, 2.45) is 10.2 Å². The van der Waals surface area contributed by atoms with Crippen molar-refractivity contribution in [1.82, 2.24) is 0 Å². The highest BCUT2D eigenvalue weighted by molar-refractivity contribution is 6.50. The van der Waals surface area contributed by atoms with E-state index < -0.39 is 7.25 Å². The highest BCUT2D eigenvalue weighted by Gasteiger charge is 2.20. The fraction of sp³-hybridized carbons (Fsp3) is 0.143. The maximum atomic E-state index is 9.75. The first-order chi connectivity index (χ1) is 11.2. The van der Waals surface area contributed by atoms with Gasteiger partial charge in [0, 0.05) is 31.9 Å². The van der Waals surface area contributed by atoms with E-state index in [9.17, 15) is 17.3 Å².